The van der Waals surface area contributed by atoms with E-state index in [1.807, 2.05) is 18.2 Å². The second-order valence-corrected chi connectivity index (χ2v) is 6.72. The molecule has 1 aromatic heterocycles. The van der Waals surface area contributed by atoms with Crippen molar-refractivity contribution in [3.05, 3.63) is 35.2 Å². The second-order valence-electron chi connectivity index (χ2n) is 5.63. The van der Waals surface area contributed by atoms with Crippen LogP contribution in [0.1, 0.15) is 43.3 Å². The third-order valence-corrected chi connectivity index (χ3v) is 3.96. The van der Waals surface area contributed by atoms with Crippen LogP contribution in [-0.2, 0) is 0 Å². The maximum atomic E-state index is 12.1. The summed E-state index contributed by atoms with van der Waals surface area (Å²) in [5.41, 5.74) is 0.229. The fourth-order valence-electron chi connectivity index (χ4n) is 1.73. The van der Waals surface area contributed by atoms with Crippen LogP contribution in [0.15, 0.2) is 30.3 Å². The number of carbonyl (C=O) groups is 1. The molecule has 0 saturated carbocycles. The van der Waals surface area contributed by atoms with Gasteiger partial charge in [-0.05, 0) is 29.4 Å². The minimum Gasteiger partial charge on any atom is -0.293 e. The van der Waals surface area contributed by atoms with Gasteiger partial charge in [0.1, 0.15) is 0 Å². The first-order chi connectivity index (χ1) is 7.96. The van der Waals surface area contributed by atoms with Gasteiger partial charge in [0.25, 0.3) is 0 Å². The highest BCUT2D eigenvalue weighted by Gasteiger charge is 2.15. The van der Waals surface area contributed by atoms with Crippen LogP contribution in [-0.4, -0.2) is 5.78 Å². The van der Waals surface area contributed by atoms with Crippen LogP contribution in [0.5, 0.6) is 0 Å². The molecule has 1 nitrogen and oxygen atoms in total. The van der Waals surface area contributed by atoms with Gasteiger partial charge < -0.3 is 0 Å². The summed E-state index contributed by atoms with van der Waals surface area (Å²) in [6.45, 7) is 6.52. The molecule has 0 radical (unpaired) electrons. The molecule has 0 unspecified atom stereocenters. The number of hydrogen-bond donors (Lipinski definition) is 0. The Balaban J connectivity index is 2.14. The standard InChI is InChI=1S/C15H18OS/c1-15(2,3)9-8-12(16)14-10-11-6-4-5-7-13(11)17-14/h4-7,10H,8-9H2,1-3H3. The Morgan fingerprint density at radius 3 is 2.59 bits per heavy atom. The summed E-state index contributed by atoms with van der Waals surface area (Å²) >= 11 is 1.61. The zero-order valence-corrected chi connectivity index (χ0v) is 11.4. The molecule has 0 aliphatic carbocycles. The van der Waals surface area contributed by atoms with Crippen molar-refractivity contribution in [2.45, 2.75) is 33.6 Å². The Hall–Kier alpha value is -1.15. The fourth-order valence-corrected chi connectivity index (χ4v) is 2.76. The number of Topliss-reactive ketones (excluding diaryl/α,β-unsaturated/α-hetero) is 1. The Bertz CT molecular complexity index is 498. The molecule has 1 aromatic carbocycles. The third-order valence-electron chi connectivity index (χ3n) is 2.80. The average molecular weight is 246 g/mol. The van der Waals surface area contributed by atoms with Crippen LogP contribution in [0.25, 0.3) is 10.1 Å². The molecule has 2 heteroatoms. The molecule has 0 N–H and O–H groups in total. The van der Waals surface area contributed by atoms with Crippen molar-refractivity contribution < 1.29 is 4.79 Å². The Morgan fingerprint density at radius 1 is 1.24 bits per heavy atom. The molecular weight excluding hydrogens is 228 g/mol. The summed E-state index contributed by atoms with van der Waals surface area (Å²) in [5.74, 6) is 0.279. The van der Waals surface area contributed by atoms with E-state index in [9.17, 15) is 4.79 Å². The van der Waals surface area contributed by atoms with Gasteiger partial charge in [-0.3, -0.25) is 4.79 Å². The molecule has 0 amide bonds. The molecule has 0 atom stereocenters. The number of ketones is 1. The minimum atomic E-state index is 0.229. The van der Waals surface area contributed by atoms with Gasteiger partial charge in [-0.15, -0.1) is 11.3 Å². The van der Waals surface area contributed by atoms with Crippen molar-refractivity contribution in [3.63, 3.8) is 0 Å². The predicted molar refractivity (Wildman–Crippen MR) is 74.8 cm³/mol. The van der Waals surface area contributed by atoms with Crippen LogP contribution < -0.4 is 0 Å². The number of rotatable bonds is 3. The lowest BCUT2D eigenvalue weighted by molar-refractivity contribution is 0.0970. The van der Waals surface area contributed by atoms with Gasteiger partial charge in [-0.2, -0.15) is 0 Å². The second kappa shape index (κ2) is 4.61. The van der Waals surface area contributed by atoms with E-state index in [4.69, 9.17) is 0 Å². The average Bonchev–Trinajstić information content (AvgIpc) is 2.68. The third kappa shape index (κ3) is 3.16. The normalized spacial score (nSPS) is 11.9. The first-order valence-corrected chi connectivity index (χ1v) is 6.79. The van der Waals surface area contributed by atoms with E-state index < -0.39 is 0 Å². The maximum absolute atomic E-state index is 12.1. The number of carbonyl (C=O) groups excluding carboxylic acids is 1. The Labute approximate surface area is 106 Å². The molecule has 0 bridgehead atoms. The predicted octanol–water partition coefficient (Wildman–Crippen LogP) is 4.91. The zero-order valence-electron chi connectivity index (χ0n) is 10.6. The van der Waals surface area contributed by atoms with Crippen LogP contribution >= 0.6 is 11.3 Å². The van der Waals surface area contributed by atoms with Crippen molar-refractivity contribution in [1.29, 1.82) is 0 Å². The summed E-state index contributed by atoms with van der Waals surface area (Å²) in [7, 11) is 0. The molecule has 17 heavy (non-hydrogen) atoms. The molecular formula is C15H18OS. The SMILES string of the molecule is CC(C)(C)CCC(=O)c1cc2ccccc2s1. The van der Waals surface area contributed by atoms with E-state index >= 15 is 0 Å². The first kappa shape index (κ1) is 12.3. The first-order valence-electron chi connectivity index (χ1n) is 5.97. The van der Waals surface area contributed by atoms with E-state index in [2.05, 4.69) is 32.9 Å². The monoisotopic (exact) mass is 246 g/mol. The minimum absolute atomic E-state index is 0.229. The Kier molecular flexibility index (Phi) is 3.34. The van der Waals surface area contributed by atoms with Gasteiger partial charge in [-0.25, -0.2) is 0 Å². The lowest BCUT2D eigenvalue weighted by Crippen LogP contribution is -2.08. The molecule has 0 aliphatic rings. The van der Waals surface area contributed by atoms with Gasteiger partial charge in [0.2, 0.25) is 0 Å². The van der Waals surface area contributed by atoms with Crippen LogP contribution in [0.2, 0.25) is 0 Å². The van der Waals surface area contributed by atoms with Crippen molar-refractivity contribution in [3.8, 4) is 0 Å². The maximum Gasteiger partial charge on any atom is 0.172 e. The van der Waals surface area contributed by atoms with Crippen molar-refractivity contribution in [2.75, 3.05) is 0 Å². The van der Waals surface area contributed by atoms with Crippen LogP contribution in [0.3, 0.4) is 0 Å². The highest BCUT2D eigenvalue weighted by Crippen LogP contribution is 2.28. The van der Waals surface area contributed by atoms with Crippen LogP contribution in [0, 0.1) is 5.41 Å². The van der Waals surface area contributed by atoms with Crippen molar-refractivity contribution in [2.24, 2.45) is 5.41 Å². The lowest BCUT2D eigenvalue weighted by atomic mass is 9.89. The van der Waals surface area contributed by atoms with Gasteiger partial charge in [0.05, 0.1) is 4.88 Å². The quantitative estimate of drug-likeness (QED) is 0.703. The number of benzene rings is 1. The topological polar surface area (TPSA) is 17.1 Å². The molecule has 2 aromatic rings. The molecule has 0 aliphatic heterocycles. The summed E-state index contributed by atoms with van der Waals surface area (Å²) in [6.07, 6.45) is 1.59. The van der Waals surface area contributed by atoms with Gasteiger partial charge >= 0.3 is 0 Å². The molecule has 2 rings (SSSR count). The molecule has 0 saturated heterocycles. The van der Waals surface area contributed by atoms with Gasteiger partial charge in [0, 0.05) is 11.1 Å². The van der Waals surface area contributed by atoms with Crippen molar-refractivity contribution >= 4 is 27.2 Å². The number of thiophene rings is 1. The van der Waals surface area contributed by atoms with E-state index in [1.54, 1.807) is 11.3 Å². The highest BCUT2D eigenvalue weighted by atomic mass is 32.1. The van der Waals surface area contributed by atoms with Crippen LogP contribution in [0.4, 0.5) is 0 Å². The van der Waals surface area contributed by atoms with Crippen molar-refractivity contribution in [1.82, 2.24) is 0 Å². The fraction of sp³-hybridized carbons (Fsp3) is 0.400. The zero-order chi connectivity index (χ0) is 12.5. The number of fused-ring (bicyclic) bond motifs is 1. The smallest absolute Gasteiger partial charge is 0.172 e. The summed E-state index contributed by atoms with van der Waals surface area (Å²) in [4.78, 5) is 13.0. The molecule has 1 heterocycles. The molecule has 0 fully saturated rings. The molecule has 90 valence electrons. The van der Waals surface area contributed by atoms with Gasteiger partial charge in [-0.1, -0.05) is 39.0 Å². The van der Waals surface area contributed by atoms with E-state index in [0.29, 0.717) is 6.42 Å². The summed E-state index contributed by atoms with van der Waals surface area (Å²) < 4.78 is 1.20. The highest BCUT2D eigenvalue weighted by molar-refractivity contribution is 7.20. The largest absolute Gasteiger partial charge is 0.293 e. The summed E-state index contributed by atoms with van der Waals surface area (Å²) in [6, 6.07) is 10.2. The molecule has 0 spiro atoms. The lowest BCUT2D eigenvalue weighted by Gasteiger charge is -2.16. The Morgan fingerprint density at radius 2 is 1.94 bits per heavy atom. The summed E-state index contributed by atoms with van der Waals surface area (Å²) in [5, 5.41) is 1.18. The van der Waals surface area contributed by atoms with E-state index in [0.717, 1.165) is 11.3 Å². The number of hydrogen-bond acceptors (Lipinski definition) is 2. The van der Waals surface area contributed by atoms with Gasteiger partial charge in [0.15, 0.2) is 5.78 Å². The van der Waals surface area contributed by atoms with E-state index in [-0.39, 0.29) is 11.2 Å². The van der Waals surface area contributed by atoms with E-state index in [1.165, 1.54) is 10.1 Å².